The summed E-state index contributed by atoms with van der Waals surface area (Å²) in [5.41, 5.74) is 0.442. The molecule has 0 aliphatic rings. The molecule has 0 amide bonds. The zero-order chi connectivity index (χ0) is 13.5. The number of oxime groups is 1. The Hall–Kier alpha value is -1.22. The van der Waals surface area contributed by atoms with Gasteiger partial charge in [0.1, 0.15) is 7.11 Å². The summed E-state index contributed by atoms with van der Waals surface area (Å²) in [4.78, 5) is 8.37. The molecule has 1 aromatic heterocycles. The van der Waals surface area contributed by atoms with Gasteiger partial charge in [-0.15, -0.1) is 11.3 Å². The molecule has 0 saturated carbocycles. The van der Waals surface area contributed by atoms with Crippen LogP contribution in [0.3, 0.4) is 0 Å². The van der Waals surface area contributed by atoms with E-state index in [4.69, 9.17) is 0 Å². The molecule has 4 nitrogen and oxygen atoms in total. The SMILES string of the molecule is CO/N=C/c1csc(S(=O)CCC(F)=C(F)F)n1. The Kier molecular flexibility index (Phi) is 5.99. The second-order valence-electron chi connectivity index (χ2n) is 2.92. The summed E-state index contributed by atoms with van der Waals surface area (Å²) >= 11 is 1.08. The molecule has 0 radical (unpaired) electrons. The number of hydrogen-bond donors (Lipinski definition) is 0. The maximum atomic E-state index is 12.5. The van der Waals surface area contributed by atoms with Crippen LogP contribution in [0.25, 0.3) is 0 Å². The summed E-state index contributed by atoms with van der Waals surface area (Å²) in [6, 6.07) is 0. The molecule has 0 aromatic carbocycles. The van der Waals surface area contributed by atoms with Crippen molar-refractivity contribution in [3.8, 4) is 0 Å². The predicted molar refractivity (Wildman–Crippen MR) is 63.0 cm³/mol. The van der Waals surface area contributed by atoms with Gasteiger partial charge < -0.3 is 4.84 Å². The zero-order valence-electron chi connectivity index (χ0n) is 9.23. The van der Waals surface area contributed by atoms with Crippen LogP contribution in [0.4, 0.5) is 13.2 Å². The first kappa shape index (κ1) is 14.8. The van der Waals surface area contributed by atoms with E-state index in [1.54, 1.807) is 5.38 Å². The lowest BCUT2D eigenvalue weighted by Crippen LogP contribution is -1.99. The van der Waals surface area contributed by atoms with E-state index in [1.807, 2.05) is 0 Å². The molecule has 1 atom stereocenters. The van der Waals surface area contributed by atoms with Crippen molar-refractivity contribution in [2.24, 2.45) is 5.16 Å². The zero-order valence-corrected chi connectivity index (χ0v) is 10.9. The van der Waals surface area contributed by atoms with Gasteiger partial charge in [-0.25, -0.2) is 9.37 Å². The molecule has 0 bridgehead atoms. The Morgan fingerprint density at radius 1 is 1.61 bits per heavy atom. The number of allylic oxidation sites excluding steroid dienone is 1. The first-order chi connectivity index (χ1) is 8.54. The monoisotopic (exact) mass is 298 g/mol. The van der Waals surface area contributed by atoms with Gasteiger partial charge in [0, 0.05) is 17.6 Å². The normalized spacial score (nSPS) is 12.7. The Balaban J connectivity index is 2.60. The molecule has 9 heteroatoms. The molecule has 1 aromatic rings. The van der Waals surface area contributed by atoms with Crippen molar-refractivity contribution in [3.63, 3.8) is 0 Å². The van der Waals surface area contributed by atoms with Gasteiger partial charge in [-0.1, -0.05) is 5.16 Å². The minimum Gasteiger partial charge on any atom is -0.399 e. The largest absolute Gasteiger partial charge is 0.399 e. The van der Waals surface area contributed by atoms with Crippen molar-refractivity contribution in [1.29, 1.82) is 0 Å². The second-order valence-corrected chi connectivity index (χ2v) is 5.52. The van der Waals surface area contributed by atoms with Gasteiger partial charge >= 0.3 is 6.08 Å². The van der Waals surface area contributed by atoms with Crippen LogP contribution in [0, 0.1) is 0 Å². The van der Waals surface area contributed by atoms with Crippen molar-refractivity contribution < 1.29 is 22.2 Å². The van der Waals surface area contributed by atoms with Crippen LogP contribution in [0.1, 0.15) is 12.1 Å². The minimum atomic E-state index is -2.38. The first-order valence-electron chi connectivity index (χ1n) is 4.64. The summed E-state index contributed by atoms with van der Waals surface area (Å²) in [6.07, 6.45) is -1.63. The highest BCUT2D eigenvalue weighted by Crippen LogP contribution is 2.18. The third kappa shape index (κ3) is 4.57. The Morgan fingerprint density at radius 3 is 2.94 bits per heavy atom. The van der Waals surface area contributed by atoms with Gasteiger partial charge in [0.15, 0.2) is 10.2 Å². The first-order valence-corrected chi connectivity index (χ1v) is 6.84. The third-order valence-electron chi connectivity index (χ3n) is 1.70. The van der Waals surface area contributed by atoms with E-state index in [0.717, 1.165) is 11.3 Å². The lowest BCUT2D eigenvalue weighted by atomic mass is 10.4. The van der Waals surface area contributed by atoms with Crippen LogP contribution in [-0.4, -0.2) is 28.3 Å². The van der Waals surface area contributed by atoms with Crippen molar-refractivity contribution in [1.82, 2.24) is 4.98 Å². The molecular formula is C9H9F3N2O2S2. The predicted octanol–water partition coefficient (Wildman–Crippen LogP) is 2.70. The molecule has 1 rings (SSSR count). The summed E-state index contributed by atoms with van der Waals surface area (Å²) in [5.74, 6) is -1.78. The molecule has 0 fully saturated rings. The molecular weight excluding hydrogens is 289 g/mol. The highest BCUT2D eigenvalue weighted by molar-refractivity contribution is 7.87. The maximum absolute atomic E-state index is 12.5. The van der Waals surface area contributed by atoms with Crippen LogP contribution >= 0.6 is 11.3 Å². The molecule has 0 aliphatic carbocycles. The van der Waals surface area contributed by atoms with E-state index in [1.165, 1.54) is 13.3 Å². The number of halogens is 3. The number of thiazole rings is 1. The standard InChI is InChI=1S/C9H9F3N2O2S2/c1-16-13-4-6-5-17-9(14-6)18(15)3-2-7(10)8(11)12/h4-5H,2-3H2,1H3/b13-4+. The van der Waals surface area contributed by atoms with Gasteiger partial charge in [-0.05, 0) is 0 Å². The van der Waals surface area contributed by atoms with E-state index < -0.39 is 29.1 Å². The molecule has 100 valence electrons. The maximum Gasteiger partial charge on any atom is 0.301 e. The topological polar surface area (TPSA) is 51.5 Å². The van der Waals surface area contributed by atoms with E-state index in [9.17, 15) is 17.4 Å². The van der Waals surface area contributed by atoms with E-state index in [2.05, 4.69) is 15.0 Å². The van der Waals surface area contributed by atoms with Crippen molar-refractivity contribution in [3.05, 3.63) is 23.0 Å². The van der Waals surface area contributed by atoms with E-state index in [0.29, 0.717) is 5.69 Å². The number of nitrogens with zero attached hydrogens (tertiary/aromatic N) is 2. The van der Waals surface area contributed by atoms with Gasteiger partial charge in [0.25, 0.3) is 0 Å². The fourth-order valence-electron chi connectivity index (χ4n) is 0.904. The van der Waals surface area contributed by atoms with Crippen molar-refractivity contribution in [2.45, 2.75) is 10.8 Å². The van der Waals surface area contributed by atoms with Crippen LogP contribution in [-0.2, 0) is 15.6 Å². The molecule has 1 unspecified atom stereocenters. The highest BCUT2D eigenvalue weighted by atomic mass is 32.2. The quantitative estimate of drug-likeness (QED) is 0.599. The fraction of sp³-hybridized carbons (Fsp3) is 0.333. The Bertz CT molecular complexity index is 484. The summed E-state index contributed by atoms with van der Waals surface area (Å²) in [7, 11) is -0.244. The van der Waals surface area contributed by atoms with Crippen LogP contribution < -0.4 is 0 Å². The number of aromatic nitrogens is 1. The summed E-state index contributed by atoms with van der Waals surface area (Å²) in [5, 5.41) is 5.05. The molecule has 0 spiro atoms. The average Bonchev–Trinajstić information content (AvgIpc) is 2.81. The fourth-order valence-corrected chi connectivity index (χ4v) is 2.97. The van der Waals surface area contributed by atoms with Crippen LogP contribution in [0.15, 0.2) is 26.8 Å². The van der Waals surface area contributed by atoms with Gasteiger partial charge in [-0.2, -0.15) is 8.78 Å². The van der Waals surface area contributed by atoms with Crippen molar-refractivity contribution in [2.75, 3.05) is 12.9 Å². The Morgan fingerprint density at radius 2 is 2.33 bits per heavy atom. The van der Waals surface area contributed by atoms with Crippen molar-refractivity contribution >= 4 is 28.4 Å². The van der Waals surface area contributed by atoms with Crippen LogP contribution in [0.2, 0.25) is 0 Å². The molecule has 0 N–H and O–H groups in total. The smallest absolute Gasteiger partial charge is 0.301 e. The third-order valence-corrected chi connectivity index (χ3v) is 4.25. The highest BCUT2D eigenvalue weighted by Gasteiger charge is 2.12. The van der Waals surface area contributed by atoms with Gasteiger partial charge in [-0.3, -0.25) is 4.21 Å². The average molecular weight is 298 g/mol. The summed E-state index contributed by atoms with van der Waals surface area (Å²) in [6.45, 7) is 0. The Labute approximate surface area is 108 Å². The van der Waals surface area contributed by atoms with Gasteiger partial charge in [0.2, 0.25) is 0 Å². The van der Waals surface area contributed by atoms with E-state index >= 15 is 0 Å². The molecule has 1 heterocycles. The van der Waals surface area contributed by atoms with E-state index in [-0.39, 0.29) is 10.1 Å². The molecule has 18 heavy (non-hydrogen) atoms. The molecule has 0 saturated heterocycles. The second kappa shape index (κ2) is 7.27. The number of hydrogen-bond acceptors (Lipinski definition) is 5. The van der Waals surface area contributed by atoms with Crippen LogP contribution in [0.5, 0.6) is 0 Å². The lowest BCUT2D eigenvalue weighted by molar-refractivity contribution is 0.215. The van der Waals surface area contributed by atoms with Gasteiger partial charge in [0.05, 0.1) is 22.7 Å². The minimum absolute atomic E-state index is 0.236. The lowest BCUT2D eigenvalue weighted by Gasteiger charge is -1.96. The summed E-state index contributed by atoms with van der Waals surface area (Å²) < 4.78 is 47.9. The number of rotatable bonds is 6. The molecule has 0 aliphatic heterocycles.